The Morgan fingerprint density at radius 2 is 1.92 bits per heavy atom. The Bertz CT molecular complexity index is 1110. The molecule has 5 nitrogen and oxygen atoms in total. The van der Waals surface area contributed by atoms with Crippen molar-refractivity contribution >= 4 is 11.8 Å². The van der Waals surface area contributed by atoms with Crippen molar-refractivity contribution in [2.45, 2.75) is 57.8 Å². The summed E-state index contributed by atoms with van der Waals surface area (Å²) in [5.41, 5.74) is 3.97. The third-order valence-electron chi connectivity index (χ3n) is 9.44. The third-order valence-corrected chi connectivity index (χ3v) is 9.44. The van der Waals surface area contributed by atoms with Crippen molar-refractivity contribution in [2.75, 3.05) is 32.7 Å². The van der Waals surface area contributed by atoms with Gasteiger partial charge in [-0.15, -0.1) is 0 Å². The lowest BCUT2D eigenvalue weighted by Gasteiger charge is -2.39. The van der Waals surface area contributed by atoms with E-state index in [0.29, 0.717) is 31.0 Å². The molecule has 192 valence electrons. The molecule has 4 aliphatic rings. The first kappa shape index (κ1) is 24.9. The number of hydrogen-bond acceptors (Lipinski definition) is 3. The van der Waals surface area contributed by atoms with Gasteiger partial charge in [-0.3, -0.25) is 9.59 Å². The van der Waals surface area contributed by atoms with Crippen molar-refractivity contribution in [1.29, 1.82) is 0 Å². The number of nitrogens with one attached hydrogen (secondary N) is 2. The minimum atomic E-state index is -0.476. The number of hydrogen-bond donors (Lipinski definition) is 2. The van der Waals surface area contributed by atoms with Crippen molar-refractivity contribution in [3.63, 3.8) is 0 Å². The smallest absolute Gasteiger partial charge is 0.251 e. The van der Waals surface area contributed by atoms with Gasteiger partial charge >= 0.3 is 0 Å². The van der Waals surface area contributed by atoms with E-state index in [1.54, 1.807) is 6.08 Å². The number of nitrogens with zero attached hydrogens (tertiary/aromatic N) is 1. The average Bonchev–Trinajstić information content (AvgIpc) is 3.40. The molecule has 2 heterocycles. The van der Waals surface area contributed by atoms with Crippen LogP contribution in [0.1, 0.15) is 68.3 Å². The Balaban J connectivity index is 1.13. The Labute approximate surface area is 213 Å². The van der Waals surface area contributed by atoms with Gasteiger partial charge in [0, 0.05) is 25.2 Å². The second-order valence-corrected chi connectivity index (χ2v) is 11.3. The molecule has 1 saturated carbocycles. The lowest BCUT2D eigenvalue weighted by molar-refractivity contribution is -0.128. The zero-order valence-corrected chi connectivity index (χ0v) is 21.5. The van der Waals surface area contributed by atoms with Gasteiger partial charge < -0.3 is 15.5 Å². The molecule has 1 spiro atoms. The molecule has 2 N–H and O–H groups in total. The number of piperidine rings is 1. The first-order valence-electron chi connectivity index (χ1n) is 13.5. The summed E-state index contributed by atoms with van der Waals surface area (Å²) in [6.07, 6.45) is 10.7. The lowest BCUT2D eigenvalue weighted by atomic mass is 9.71. The highest BCUT2D eigenvalue weighted by atomic mass is 19.1. The van der Waals surface area contributed by atoms with Crippen LogP contribution in [0.25, 0.3) is 0 Å². The van der Waals surface area contributed by atoms with Crippen LogP contribution in [0.3, 0.4) is 0 Å². The fourth-order valence-electron chi connectivity index (χ4n) is 6.70. The molecule has 2 unspecified atom stereocenters. The van der Waals surface area contributed by atoms with E-state index in [1.165, 1.54) is 30.9 Å². The highest BCUT2D eigenvalue weighted by molar-refractivity contribution is 5.94. The largest absolute Gasteiger partial charge is 0.352 e. The van der Waals surface area contributed by atoms with Gasteiger partial charge in [-0.1, -0.05) is 38.5 Å². The first-order chi connectivity index (χ1) is 17.3. The van der Waals surface area contributed by atoms with Gasteiger partial charge in [-0.2, -0.15) is 0 Å². The van der Waals surface area contributed by atoms with Gasteiger partial charge in [0.1, 0.15) is 5.83 Å². The van der Waals surface area contributed by atoms with E-state index in [2.05, 4.69) is 41.5 Å². The van der Waals surface area contributed by atoms with E-state index < -0.39 is 5.41 Å². The molecule has 0 aromatic heterocycles. The highest BCUT2D eigenvalue weighted by Gasteiger charge is 2.48. The van der Waals surface area contributed by atoms with Crippen molar-refractivity contribution in [1.82, 2.24) is 15.5 Å². The molecule has 0 bridgehead atoms. The first-order valence-corrected chi connectivity index (χ1v) is 13.5. The van der Waals surface area contributed by atoms with Crippen LogP contribution in [0.2, 0.25) is 0 Å². The van der Waals surface area contributed by atoms with Gasteiger partial charge in [0.15, 0.2) is 0 Å². The molecule has 0 radical (unpaired) electrons. The summed E-state index contributed by atoms with van der Waals surface area (Å²) in [7, 11) is 0. The van der Waals surface area contributed by atoms with Crippen molar-refractivity contribution in [3.05, 3.63) is 70.6 Å². The van der Waals surface area contributed by atoms with Gasteiger partial charge in [0.2, 0.25) is 5.91 Å². The second kappa shape index (κ2) is 9.97. The fourth-order valence-corrected chi connectivity index (χ4v) is 6.70. The lowest BCUT2D eigenvalue weighted by Crippen LogP contribution is -2.46. The molecule has 2 amide bonds. The van der Waals surface area contributed by atoms with E-state index in [4.69, 9.17) is 0 Å². The molecule has 3 fully saturated rings. The van der Waals surface area contributed by atoms with Gasteiger partial charge in [0.25, 0.3) is 5.91 Å². The number of allylic oxidation sites excluding steroid dienone is 5. The zero-order valence-electron chi connectivity index (χ0n) is 21.5. The minimum Gasteiger partial charge on any atom is -0.352 e. The maximum atomic E-state index is 13.4. The topological polar surface area (TPSA) is 61.4 Å². The number of likely N-dealkylation sites (tertiary alicyclic amines) is 1. The Kier molecular flexibility index (Phi) is 6.90. The molecule has 2 atom stereocenters. The van der Waals surface area contributed by atoms with Crippen LogP contribution >= 0.6 is 0 Å². The number of halogens is 1. The second-order valence-electron chi connectivity index (χ2n) is 11.3. The molecular weight excluding hydrogens is 453 g/mol. The van der Waals surface area contributed by atoms with Crippen LogP contribution in [0.4, 0.5) is 4.39 Å². The Hall–Kier alpha value is -2.73. The van der Waals surface area contributed by atoms with Crippen LogP contribution in [0.15, 0.2) is 59.5 Å². The third kappa shape index (κ3) is 4.56. The quantitative estimate of drug-likeness (QED) is 0.621. The number of amides is 2. The van der Waals surface area contributed by atoms with Crippen LogP contribution < -0.4 is 10.6 Å². The molecule has 36 heavy (non-hydrogen) atoms. The number of rotatable bonds is 5. The summed E-state index contributed by atoms with van der Waals surface area (Å²) in [4.78, 5) is 27.9. The maximum absolute atomic E-state index is 13.4. The van der Waals surface area contributed by atoms with Crippen LogP contribution in [0.5, 0.6) is 0 Å². The summed E-state index contributed by atoms with van der Waals surface area (Å²) in [5.74, 6) is 0.524. The molecule has 1 aromatic carbocycles. The maximum Gasteiger partial charge on any atom is 0.251 e. The summed E-state index contributed by atoms with van der Waals surface area (Å²) in [6, 6.07) is 8.18. The van der Waals surface area contributed by atoms with E-state index in [1.807, 2.05) is 18.2 Å². The summed E-state index contributed by atoms with van der Waals surface area (Å²) >= 11 is 0. The summed E-state index contributed by atoms with van der Waals surface area (Å²) in [6.45, 7) is 8.18. The van der Waals surface area contributed by atoms with Gasteiger partial charge in [0.05, 0.1) is 5.41 Å². The average molecular weight is 492 g/mol. The Morgan fingerprint density at radius 3 is 2.56 bits per heavy atom. The molecule has 1 aromatic rings. The molecule has 5 rings (SSSR count). The molecule has 2 saturated heterocycles. The molecular formula is C30H38FN3O2. The van der Waals surface area contributed by atoms with E-state index in [0.717, 1.165) is 43.6 Å². The van der Waals surface area contributed by atoms with Crippen molar-refractivity contribution < 1.29 is 14.0 Å². The normalized spacial score (nSPS) is 29.9. The zero-order chi connectivity index (χ0) is 25.3. The van der Waals surface area contributed by atoms with Crippen LogP contribution in [-0.4, -0.2) is 49.4 Å². The van der Waals surface area contributed by atoms with Crippen LogP contribution in [0, 0.1) is 11.3 Å². The monoisotopic (exact) mass is 491 g/mol. The predicted octanol–water partition coefficient (Wildman–Crippen LogP) is 4.82. The Morgan fingerprint density at radius 1 is 1.17 bits per heavy atom. The highest BCUT2D eigenvalue weighted by Crippen LogP contribution is 2.46. The molecule has 6 heteroatoms. The van der Waals surface area contributed by atoms with Crippen molar-refractivity contribution in [2.24, 2.45) is 11.3 Å². The minimum absolute atomic E-state index is 0.0359. The predicted molar refractivity (Wildman–Crippen MR) is 140 cm³/mol. The van der Waals surface area contributed by atoms with Crippen LogP contribution in [-0.2, 0) is 10.2 Å². The van der Waals surface area contributed by atoms with Gasteiger partial charge in [-0.05, 0) is 97.5 Å². The molecule has 2 aliphatic heterocycles. The number of carbonyl (C=O) groups is 2. The number of carbonyl (C=O) groups excluding carboxylic acids is 2. The standard InChI is InChI=1S/C30H38FN3O2/c1-21-4-3-13-29(21,2)24-9-5-23(6-10-24)27(35)32-16-19-34-17-14-30(15-18-34)26(20-33-28(30)36)22-7-11-25(31)12-8-22/h5-7,9-12,21H,3-4,8,13-20H2,1-2H3,(H,32,35)(H,33,36)/b26-22+. The van der Waals surface area contributed by atoms with Gasteiger partial charge in [-0.25, -0.2) is 4.39 Å². The number of benzene rings is 1. The fraction of sp³-hybridized carbons (Fsp3) is 0.533. The molecule has 2 aliphatic carbocycles. The SMILES string of the molecule is CC1CCCC1(C)c1ccc(C(=O)NCCN2CCC3(CC2)C(=O)NC/C3=C2/C=CC(F)=CC2)cc1. The summed E-state index contributed by atoms with van der Waals surface area (Å²) < 4.78 is 13.4. The van der Waals surface area contributed by atoms with Crippen molar-refractivity contribution in [3.8, 4) is 0 Å². The van der Waals surface area contributed by atoms with E-state index in [9.17, 15) is 14.0 Å². The van der Waals surface area contributed by atoms with E-state index >= 15 is 0 Å². The summed E-state index contributed by atoms with van der Waals surface area (Å²) in [5, 5.41) is 6.10. The van der Waals surface area contributed by atoms with E-state index in [-0.39, 0.29) is 23.1 Å².